The number of hydrogen-bond acceptors (Lipinski definition) is 6. The molecule has 0 aliphatic carbocycles. The predicted octanol–water partition coefficient (Wildman–Crippen LogP) is 5.10. The summed E-state index contributed by atoms with van der Waals surface area (Å²) in [6.45, 7) is 5.02. The van der Waals surface area contributed by atoms with Gasteiger partial charge in [-0.2, -0.15) is 13.2 Å². The van der Waals surface area contributed by atoms with Gasteiger partial charge in [0.15, 0.2) is 0 Å². The van der Waals surface area contributed by atoms with Crippen LogP contribution in [-0.4, -0.2) is 59.0 Å². The normalized spacial score (nSPS) is 13.4. The molecule has 0 aliphatic rings. The van der Waals surface area contributed by atoms with Crippen molar-refractivity contribution < 1.29 is 36.3 Å². The van der Waals surface area contributed by atoms with E-state index in [9.17, 15) is 36.3 Å². The molecule has 0 bridgehead atoms. The monoisotopic (exact) mass is 569 g/mol. The lowest BCUT2D eigenvalue weighted by atomic mass is 9.98. The van der Waals surface area contributed by atoms with E-state index in [0.29, 0.717) is 0 Å². The summed E-state index contributed by atoms with van der Waals surface area (Å²) in [5.41, 5.74) is -6.36. The smallest absolute Gasteiger partial charge is 0.465 e. The van der Waals surface area contributed by atoms with Gasteiger partial charge in [0.25, 0.3) is 0 Å². The minimum Gasteiger partial charge on any atom is -0.465 e. The molecule has 2 amide bonds. The molecule has 8 nitrogen and oxygen atoms in total. The molecule has 0 aliphatic heterocycles. The standard InChI is InChI=1S/C22H30F3N3O5S3/c1-21(2,3)28(20(30)31)18(10-4-5-11-26-36(32,33)22(23,24)25)19(29)27(14-16-8-6-12-34-16)15-17-9-7-13-35-17/h6-9,12-13,18,26H,4-5,10-11,14-15H2,1-3H3,(H,30,31)/t18-/m0/s1. The van der Waals surface area contributed by atoms with Gasteiger partial charge in [0.2, 0.25) is 5.91 Å². The van der Waals surface area contributed by atoms with Crippen molar-refractivity contribution >= 4 is 44.7 Å². The molecule has 0 aromatic carbocycles. The van der Waals surface area contributed by atoms with Crippen LogP contribution in [0.15, 0.2) is 35.0 Å². The third kappa shape index (κ3) is 8.46. The van der Waals surface area contributed by atoms with Crippen molar-refractivity contribution in [3.63, 3.8) is 0 Å². The van der Waals surface area contributed by atoms with Crippen LogP contribution in [0.4, 0.5) is 18.0 Å². The second-order valence-electron chi connectivity index (χ2n) is 9.03. The third-order valence-corrected chi connectivity index (χ3v) is 8.11. The molecule has 0 spiro atoms. The maximum Gasteiger partial charge on any atom is 0.511 e. The first-order valence-electron chi connectivity index (χ1n) is 11.0. The Hall–Kier alpha value is -2.16. The maximum absolute atomic E-state index is 13.8. The van der Waals surface area contributed by atoms with Crippen molar-refractivity contribution in [2.75, 3.05) is 6.54 Å². The van der Waals surface area contributed by atoms with Crippen molar-refractivity contribution in [2.24, 2.45) is 0 Å². The molecule has 14 heteroatoms. The molecule has 202 valence electrons. The van der Waals surface area contributed by atoms with E-state index in [1.807, 2.05) is 35.0 Å². The Labute approximate surface area is 216 Å². The molecule has 0 unspecified atom stereocenters. The number of hydrogen-bond donors (Lipinski definition) is 2. The molecule has 2 aromatic rings. The Morgan fingerprint density at radius 1 is 1.03 bits per heavy atom. The number of carbonyl (C=O) groups excluding carboxylic acids is 1. The highest BCUT2D eigenvalue weighted by Gasteiger charge is 2.45. The summed E-state index contributed by atoms with van der Waals surface area (Å²) >= 11 is 2.93. The van der Waals surface area contributed by atoms with Gasteiger partial charge in [-0.15, -0.1) is 22.7 Å². The first-order valence-corrected chi connectivity index (χ1v) is 14.3. The molecule has 1 atom stereocenters. The number of nitrogens with one attached hydrogen (secondary N) is 1. The number of alkyl halides is 3. The van der Waals surface area contributed by atoms with E-state index in [0.717, 1.165) is 14.7 Å². The molecule has 0 radical (unpaired) electrons. The molecule has 2 heterocycles. The quantitative estimate of drug-likeness (QED) is 0.346. The van der Waals surface area contributed by atoms with Crippen LogP contribution in [0, 0.1) is 0 Å². The first-order chi connectivity index (χ1) is 16.6. The molecule has 2 N–H and O–H groups in total. The third-order valence-electron chi connectivity index (χ3n) is 5.19. The van der Waals surface area contributed by atoms with Gasteiger partial charge in [-0.25, -0.2) is 17.9 Å². The lowest BCUT2D eigenvalue weighted by Crippen LogP contribution is -2.57. The van der Waals surface area contributed by atoms with Gasteiger partial charge < -0.3 is 10.0 Å². The van der Waals surface area contributed by atoms with Crippen LogP contribution in [0.3, 0.4) is 0 Å². The Kier molecular flexibility index (Phi) is 10.3. The van der Waals surface area contributed by atoms with Crippen molar-refractivity contribution in [2.45, 2.75) is 70.2 Å². The predicted molar refractivity (Wildman–Crippen MR) is 133 cm³/mol. The maximum atomic E-state index is 13.8. The Balaban J connectivity index is 2.24. The van der Waals surface area contributed by atoms with Gasteiger partial charge in [-0.3, -0.25) is 9.69 Å². The van der Waals surface area contributed by atoms with Crippen LogP contribution in [0.25, 0.3) is 0 Å². The SMILES string of the molecule is CC(C)(C)N(C(=O)O)[C@@H](CCCCNS(=O)(=O)C(F)(F)F)C(=O)N(Cc1cccs1)Cc1cccs1. The average molecular weight is 570 g/mol. The van der Waals surface area contributed by atoms with E-state index in [4.69, 9.17) is 0 Å². The number of nitrogens with zero attached hydrogens (tertiary/aromatic N) is 2. The largest absolute Gasteiger partial charge is 0.511 e. The minimum atomic E-state index is -5.47. The first kappa shape index (κ1) is 30.1. The number of carboxylic acid groups (broad SMARTS) is 1. The molecule has 2 rings (SSSR count). The van der Waals surface area contributed by atoms with Crippen LogP contribution in [-0.2, 0) is 27.9 Å². The average Bonchev–Trinajstić information content (AvgIpc) is 3.43. The number of carbonyl (C=O) groups is 2. The molecule has 0 saturated heterocycles. The lowest BCUT2D eigenvalue weighted by molar-refractivity contribution is -0.139. The highest BCUT2D eigenvalue weighted by molar-refractivity contribution is 7.90. The van der Waals surface area contributed by atoms with E-state index < -0.39 is 45.7 Å². The number of unbranched alkanes of at least 4 members (excludes halogenated alkanes) is 1. The fourth-order valence-corrected chi connectivity index (χ4v) is 5.62. The van der Waals surface area contributed by atoms with Gasteiger partial charge in [-0.1, -0.05) is 12.1 Å². The van der Waals surface area contributed by atoms with Gasteiger partial charge in [-0.05, 0) is 62.9 Å². The Morgan fingerprint density at radius 2 is 1.56 bits per heavy atom. The topological polar surface area (TPSA) is 107 Å². The Morgan fingerprint density at radius 3 is 1.94 bits per heavy atom. The van der Waals surface area contributed by atoms with Gasteiger partial charge in [0, 0.05) is 21.8 Å². The van der Waals surface area contributed by atoms with Crippen LogP contribution in [0.5, 0.6) is 0 Å². The van der Waals surface area contributed by atoms with Crippen LogP contribution in [0.2, 0.25) is 0 Å². The zero-order chi connectivity index (χ0) is 27.1. The summed E-state index contributed by atoms with van der Waals surface area (Å²) in [5.74, 6) is -0.426. The minimum absolute atomic E-state index is 0.00740. The zero-order valence-corrected chi connectivity index (χ0v) is 22.6. The second-order valence-corrected chi connectivity index (χ2v) is 12.9. The van der Waals surface area contributed by atoms with Crippen LogP contribution >= 0.6 is 22.7 Å². The highest BCUT2D eigenvalue weighted by atomic mass is 32.2. The number of thiophene rings is 2. The number of sulfonamides is 1. The molecule has 0 saturated carbocycles. The summed E-state index contributed by atoms with van der Waals surface area (Å²) in [6, 6.07) is 6.35. The van der Waals surface area contributed by atoms with E-state index in [2.05, 4.69) is 0 Å². The van der Waals surface area contributed by atoms with E-state index >= 15 is 0 Å². The van der Waals surface area contributed by atoms with Crippen molar-refractivity contribution in [3.8, 4) is 0 Å². The van der Waals surface area contributed by atoms with E-state index in [-0.39, 0.29) is 32.4 Å². The highest BCUT2D eigenvalue weighted by Crippen LogP contribution is 2.26. The fourth-order valence-electron chi connectivity index (χ4n) is 3.61. The van der Waals surface area contributed by atoms with Gasteiger partial charge >= 0.3 is 21.6 Å². The van der Waals surface area contributed by atoms with E-state index in [1.54, 1.807) is 25.7 Å². The summed E-state index contributed by atoms with van der Waals surface area (Å²) in [4.78, 5) is 30.5. The molecular formula is C22H30F3N3O5S3. The van der Waals surface area contributed by atoms with Gasteiger partial charge in [0.05, 0.1) is 13.1 Å². The molecular weight excluding hydrogens is 539 g/mol. The van der Waals surface area contributed by atoms with Crippen molar-refractivity contribution in [1.82, 2.24) is 14.5 Å². The molecule has 36 heavy (non-hydrogen) atoms. The molecule has 2 aromatic heterocycles. The summed E-state index contributed by atoms with van der Waals surface area (Å²) in [5, 5.41) is 13.7. The molecule has 0 fully saturated rings. The van der Waals surface area contributed by atoms with Crippen molar-refractivity contribution in [3.05, 3.63) is 44.8 Å². The summed E-state index contributed by atoms with van der Waals surface area (Å²) in [6.07, 6.45) is -1.16. The van der Waals surface area contributed by atoms with Crippen LogP contribution < -0.4 is 4.72 Å². The fraction of sp³-hybridized carbons (Fsp3) is 0.545. The summed E-state index contributed by atoms with van der Waals surface area (Å²) in [7, 11) is -5.47. The van der Waals surface area contributed by atoms with E-state index in [1.165, 1.54) is 27.4 Å². The number of rotatable bonds is 12. The Bertz CT molecular complexity index is 1050. The number of halogens is 3. The van der Waals surface area contributed by atoms with Gasteiger partial charge in [0.1, 0.15) is 6.04 Å². The number of amides is 2. The van der Waals surface area contributed by atoms with Crippen molar-refractivity contribution in [1.29, 1.82) is 0 Å². The van der Waals surface area contributed by atoms with Crippen LogP contribution in [0.1, 0.15) is 49.8 Å². The summed E-state index contributed by atoms with van der Waals surface area (Å²) < 4.78 is 61.5. The lowest BCUT2D eigenvalue weighted by Gasteiger charge is -2.40. The zero-order valence-electron chi connectivity index (χ0n) is 20.1. The second kappa shape index (κ2) is 12.4.